The van der Waals surface area contributed by atoms with Crippen molar-refractivity contribution >= 4 is 11.9 Å². The Balaban J connectivity index is 0. The zero-order valence-corrected chi connectivity index (χ0v) is 10.5. The smallest absolute Gasteiger partial charge is 0.303 e. The minimum Gasteiger partial charge on any atom is -0.481 e. The van der Waals surface area contributed by atoms with Crippen LogP contribution in [0.4, 0.5) is 0 Å². The first-order chi connectivity index (χ1) is 7.54. The van der Waals surface area contributed by atoms with Crippen LogP contribution in [0.5, 0.6) is 0 Å². The van der Waals surface area contributed by atoms with Crippen molar-refractivity contribution in [3.05, 3.63) is 0 Å². The first-order valence-corrected chi connectivity index (χ1v) is 6.04. The fraction of sp³-hybridized carbons (Fsp3) is 0.833. The fourth-order valence-corrected chi connectivity index (χ4v) is 1.05. The van der Waals surface area contributed by atoms with Crippen LogP contribution in [0, 0.1) is 0 Å². The summed E-state index contributed by atoms with van der Waals surface area (Å²) < 4.78 is 0. The second-order valence-electron chi connectivity index (χ2n) is 3.77. The maximum Gasteiger partial charge on any atom is 0.303 e. The third-order valence-corrected chi connectivity index (χ3v) is 2.02. The summed E-state index contributed by atoms with van der Waals surface area (Å²) in [6.07, 6.45) is 7.16. The summed E-state index contributed by atoms with van der Waals surface area (Å²) in [4.78, 5) is 19.9. The Labute approximate surface area is 98.2 Å². The van der Waals surface area contributed by atoms with Gasteiger partial charge in [0.15, 0.2) is 0 Å². The van der Waals surface area contributed by atoms with Crippen LogP contribution in [0.25, 0.3) is 0 Å². The molecule has 0 spiro atoms. The molecule has 16 heavy (non-hydrogen) atoms. The topological polar surface area (TPSA) is 80.4 Å². The van der Waals surface area contributed by atoms with Crippen LogP contribution in [-0.4, -0.2) is 17.0 Å². The fourth-order valence-electron chi connectivity index (χ4n) is 1.05. The molecule has 0 bridgehead atoms. The molecule has 3 N–H and O–H groups in total. The molecule has 0 heterocycles. The second-order valence-corrected chi connectivity index (χ2v) is 3.77. The number of rotatable bonds is 8. The number of nitrogens with two attached hydrogens (primary N) is 1. The molecular formula is C12H25NO3. The van der Waals surface area contributed by atoms with Crippen molar-refractivity contribution in [2.24, 2.45) is 5.73 Å². The summed E-state index contributed by atoms with van der Waals surface area (Å²) in [7, 11) is 0. The van der Waals surface area contributed by atoms with Gasteiger partial charge < -0.3 is 10.8 Å². The molecule has 0 saturated carbocycles. The van der Waals surface area contributed by atoms with Gasteiger partial charge in [-0.1, -0.05) is 39.5 Å². The average molecular weight is 231 g/mol. The summed E-state index contributed by atoms with van der Waals surface area (Å²) in [6.45, 7) is 4.12. The van der Waals surface area contributed by atoms with E-state index >= 15 is 0 Å². The van der Waals surface area contributed by atoms with E-state index in [1.807, 2.05) is 6.92 Å². The van der Waals surface area contributed by atoms with Crippen molar-refractivity contribution in [1.29, 1.82) is 0 Å². The number of amides is 1. The van der Waals surface area contributed by atoms with E-state index in [2.05, 4.69) is 6.92 Å². The Morgan fingerprint density at radius 3 is 1.81 bits per heavy atom. The lowest BCUT2D eigenvalue weighted by Crippen LogP contribution is -2.09. The van der Waals surface area contributed by atoms with Crippen molar-refractivity contribution < 1.29 is 14.7 Å². The van der Waals surface area contributed by atoms with Crippen molar-refractivity contribution in [2.75, 3.05) is 0 Å². The molecule has 0 aliphatic heterocycles. The molecule has 0 aromatic heterocycles. The van der Waals surface area contributed by atoms with E-state index in [-0.39, 0.29) is 5.91 Å². The number of carboxylic acids is 1. The van der Waals surface area contributed by atoms with Gasteiger partial charge in [-0.15, -0.1) is 0 Å². The van der Waals surface area contributed by atoms with Crippen LogP contribution in [0.15, 0.2) is 0 Å². The van der Waals surface area contributed by atoms with Gasteiger partial charge in [-0.3, -0.25) is 9.59 Å². The molecular weight excluding hydrogens is 206 g/mol. The molecule has 1 amide bonds. The van der Waals surface area contributed by atoms with Gasteiger partial charge in [-0.25, -0.2) is 0 Å². The SMILES string of the molecule is CCCCC(=O)O.CCCCCCC(N)=O. The van der Waals surface area contributed by atoms with Crippen molar-refractivity contribution in [3.63, 3.8) is 0 Å². The molecule has 0 unspecified atom stereocenters. The van der Waals surface area contributed by atoms with E-state index in [0.717, 1.165) is 25.7 Å². The third-order valence-electron chi connectivity index (χ3n) is 2.02. The maximum atomic E-state index is 10.2. The molecule has 96 valence electrons. The number of aliphatic carboxylic acids is 1. The number of unbranched alkanes of at least 4 members (excludes halogenated alkanes) is 4. The second kappa shape index (κ2) is 13.9. The van der Waals surface area contributed by atoms with E-state index in [1.165, 1.54) is 12.8 Å². The van der Waals surface area contributed by atoms with Crippen LogP contribution < -0.4 is 5.73 Å². The van der Waals surface area contributed by atoms with E-state index in [1.54, 1.807) is 0 Å². The molecule has 0 aliphatic rings. The predicted octanol–water partition coefficient (Wildman–Crippen LogP) is 2.70. The van der Waals surface area contributed by atoms with Crippen LogP contribution in [0.3, 0.4) is 0 Å². The molecule has 0 aliphatic carbocycles. The van der Waals surface area contributed by atoms with Crippen LogP contribution >= 0.6 is 0 Å². The van der Waals surface area contributed by atoms with Gasteiger partial charge in [0.05, 0.1) is 0 Å². The molecule has 0 aromatic carbocycles. The molecule has 0 saturated heterocycles. The Morgan fingerprint density at radius 1 is 0.938 bits per heavy atom. The van der Waals surface area contributed by atoms with Crippen LogP contribution in [0.2, 0.25) is 0 Å². The van der Waals surface area contributed by atoms with E-state index in [9.17, 15) is 9.59 Å². The van der Waals surface area contributed by atoms with Gasteiger partial charge in [0.1, 0.15) is 0 Å². The highest BCUT2D eigenvalue weighted by atomic mass is 16.4. The molecule has 0 atom stereocenters. The summed E-state index contributed by atoms with van der Waals surface area (Å²) in [5, 5.41) is 8.04. The molecule has 4 nitrogen and oxygen atoms in total. The van der Waals surface area contributed by atoms with Crippen molar-refractivity contribution in [1.82, 2.24) is 0 Å². The number of hydrogen-bond acceptors (Lipinski definition) is 2. The highest BCUT2D eigenvalue weighted by Crippen LogP contribution is 2.00. The Kier molecular flexibility index (Phi) is 15.1. The quantitative estimate of drug-likeness (QED) is 0.630. The van der Waals surface area contributed by atoms with Gasteiger partial charge in [0.25, 0.3) is 0 Å². The van der Waals surface area contributed by atoms with Gasteiger partial charge in [-0.05, 0) is 12.8 Å². The van der Waals surface area contributed by atoms with Gasteiger partial charge in [0.2, 0.25) is 5.91 Å². The molecule has 0 radical (unpaired) electrons. The Hall–Kier alpha value is -1.06. The summed E-state index contributed by atoms with van der Waals surface area (Å²) in [6, 6.07) is 0. The van der Waals surface area contributed by atoms with E-state index in [0.29, 0.717) is 12.8 Å². The summed E-state index contributed by atoms with van der Waals surface area (Å²) in [5.74, 6) is -0.868. The Morgan fingerprint density at radius 2 is 1.50 bits per heavy atom. The van der Waals surface area contributed by atoms with Gasteiger partial charge >= 0.3 is 5.97 Å². The lowest BCUT2D eigenvalue weighted by molar-refractivity contribution is -0.137. The molecule has 0 aromatic rings. The first kappa shape index (κ1) is 17.3. The normalized spacial score (nSPS) is 9.12. The predicted molar refractivity (Wildman–Crippen MR) is 65.1 cm³/mol. The minimum absolute atomic E-state index is 0.175. The maximum absolute atomic E-state index is 10.2. The number of carbonyl (C=O) groups excluding carboxylic acids is 1. The first-order valence-electron chi connectivity index (χ1n) is 6.04. The summed E-state index contributed by atoms with van der Waals surface area (Å²) >= 11 is 0. The lowest BCUT2D eigenvalue weighted by atomic mass is 10.1. The van der Waals surface area contributed by atoms with E-state index in [4.69, 9.17) is 10.8 Å². The highest BCUT2D eigenvalue weighted by Gasteiger charge is 1.92. The summed E-state index contributed by atoms with van der Waals surface area (Å²) in [5.41, 5.74) is 4.94. The van der Waals surface area contributed by atoms with Gasteiger partial charge in [0, 0.05) is 12.8 Å². The highest BCUT2D eigenvalue weighted by molar-refractivity contribution is 5.73. The van der Waals surface area contributed by atoms with E-state index < -0.39 is 5.97 Å². The molecule has 0 rings (SSSR count). The van der Waals surface area contributed by atoms with Crippen molar-refractivity contribution in [2.45, 2.75) is 65.2 Å². The number of carbonyl (C=O) groups is 2. The number of carboxylic acid groups (broad SMARTS) is 1. The largest absolute Gasteiger partial charge is 0.481 e. The molecule has 0 fully saturated rings. The monoisotopic (exact) mass is 231 g/mol. The minimum atomic E-state index is -0.693. The van der Waals surface area contributed by atoms with Crippen LogP contribution in [0.1, 0.15) is 65.2 Å². The van der Waals surface area contributed by atoms with Crippen molar-refractivity contribution in [3.8, 4) is 0 Å². The zero-order chi connectivity index (χ0) is 12.8. The lowest BCUT2D eigenvalue weighted by Gasteiger charge is -1.93. The third kappa shape index (κ3) is 23.1. The number of hydrogen-bond donors (Lipinski definition) is 2. The average Bonchev–Trinajstić information content (AvgIpc) is 2.22. The zero-order valence-electron chi connectivity index (χ0n) is 10.5. The van der Waals surface area contributed by atoms with Crippen LogP contribution in [-0.2, 0) is 9.59 Å². The Bertz CT molecular complexity index is 181. The molecule has 4 heteroatoms. The number of primary amides is 1. The van der Waals surface area contributed by atoms with Gasteiger partial charge in [-0.2, -0.15) is 0 Å². The standard InChI is InChI=1S/C7H15NO.C5H10O2/c1-2-3-4-5-6-7(8)9;1-2-3-4-5(6)7/h2-6H2,1H3,(H2,8,9);2-4H2,1H3,(H,6,7).